The van der Waals surface area contributed by atoms with E-state index in [4.69, 9.17) is 0 Å². The van der Waals surface area contributed by atoms with Crippen molar-refractivity contribution in [3.8, 4) is 11.3 Å². The summed E-state index contributed by atoms with van der Waals surface area (Å²) in [7, 11) is -3.18. The molecular formula is C17H23N3O2S. The average Bonchev–Trinajstić information content (AvgIpc) is 2.55. The Kier molecular flexibility index (Phi) is 4.61. The quantitative estimate of drug-likeness (QED) is 0.926. The second-order valence-corrected chi connectivity index (χ2v) is 8.08. The largest absolute Gasteiger partial charge is 0.366 e. The molecule has 0 amide bonds. The van der Waals surface area contributed by atoms with Crippen LogP contribution in [0.25, 0.3) is 11.3 Å². The van der Waals surface area contributed by atoms with E-state index >= 15 is 0 Å². The molecular weight excluding hydrogens is 310 g/mol. The molecule has 0 aliphatic heterocycles. The number of hydrogen-bond donors (Lipinski definition) is 1. The van der Waals surface area contributed by atoms with Crippen LogP contribution < -0.4 is 5.32 Å². The molecule has 0 radical (unpaired) electrons. The van der Waals surface area contributed by atoms with Crippen LogP contribution in [0.3, 0.4) is 0 Å². The van der Waals surface area contributed by atoms with Crippen LogP contribution in [-0.4, -0.2) is 30.7 Å². The topological polar surface area (TPSA) is 72.0 Å². The molecule has 0 unspecified atom stereocenters. The zero-order chi connectivity index (χ0) is 16.3. The lowest BCUT2D eigenvalue weighted by Gasteiger charge is -2.23. The van der Waals surface area contributed by atoms with Crippen molar-refractivity contribution in [2.45, 2.75) is 43.0 Å². The fourth-order valence-electron chi connectivity index (χ4n) is 2.90. The van der Waals surface area contributed by atoms with Gasteiger partial charge in [-0.1, -0.05) is 31.4 Å². The highest BCUT2D eigenvalue weighted by Crippen LogP contribution is 2.23. The number of hydrogen-bond acceptors (Lipinski definition) is 5. The van der Waals surface area contributed by atoms with Crippen LogP contribution in [0.2, 0.25) is 0 Å². The predicted molar refractivity (Wildman–Crippen MR) is 93.2 cm³/mol. The van der Waals surface area contributed by atoms with Gasteiger partial charge in [-0.25, -0.2) is 13.4 Å². The summed E-state index contributed by atoms with van der Waals surface area (Å²) >= 11 is 0. The Morgan fingerprint density at radius 1 is 1.09 bits per heavy atom. The maximum Gasteiger partial charge on any atom is 0.175 e. The van der Waals surface area contributed by atoms with Crippen molar-refractivity contribution in [3.63, 3.8) is 0 Å². The number of benzene rings is 1. The smallest absolute Gasteiger partial charge is 0.175 e. The minimum Gasteiger partial charge on any atom is -0.366 e. The Morgan fingerprint density at radius 3 is 2.43 bits per heavy atom. The second kappa shape index (κ2) is 6.66. The molecule has 1 aromatic heterocycles. The van der Waals surface area contributed by atoms with Crippen LogP contribution in [0.5, 0.6) is 0 Å². The van der Waals surface area contributed by atoms with Crippen LogP contribution in [0.1, 0.15) is 33.5 Å². The third-order valence-corrected chi connectivity index (χ3v) is 5.30. The van der Waals surface area contributed by atoms with Gasteiger partial charge in [-0.3, -0.25) is 4.98 Å². The van der Waals surface area contributed by atoms with Crippen LogP contribution in [0.15, 0.2) is 41.6 Å². The summed E-state index contributed by atoms with van der Waals surface area (Å²) in [4.78, 5) is 9.17. The minimum absolute atomic E-state index is 0. The molecule has 1 aliphatic carbocycles. The molecule has 6 heteroatoms. The van der Waals surface area contributed by atoms with Crippen molar-refractivity contribution in [1.82, 2.24) is 9.97 Å². The first-order valence-corrected chi connectivity index (χ1v) is 9.80. The van der Waals surface area contributed by atoms with E-state index in [1.54, 1.807) is 36.7 Å². The summed E-state index contributed by atoms with van der Waals surface area (Å²) in [6.45, 7) is 0. The monoisotopic (exact) mass is 333 g/mol. The van der Waals surface area contributed by atoms with Crippen molar-refractivity contribution in [1.29, 1.82) is 0 Å². The molecule has 1 saturated carbocycles. The third-order valence-electron chi connectivity index (χ3n) is 4.17. The molecule has 0 spiro atoms. The summed E-state index contributed by atoms with van der Waals surface area (Å²) in [5, 5.41) is 3.46. The lowest BCUT2D eigenvalue weighted by molar-refractivity contribution is 0.462. The van der Waals surface area contributed by atoms with E-state index in [9.17, 15) is 8.42 Å². The van der Waals surface area contributed by atoms with Crippen molar-refractivity contribution in [2.75, 3.05) is 11.6 Å². The van der Waals surface area contributed by atoms with Gasteiger partial charge in [0.1, 0.15) is 5.82 Å². The van der Waals surface area contributed by atoms with Crippen LogP contribution in [0.4, 0.5) is 5.82 Å². The van der Waals surface area contributed by atoms with E-state index in [-0.39, 0.29) is 1.43 Å². The Morgan fingerprint density at radius 2 is 1.78 bits per heavy atom. The van der Waals surface area contributed by atoms with Gasteiger partial charge in [-0.2, -0.15) is 0 Å². The number of aromatic nitrogens is 2. The molecule has 1 heterocycles. The van der Waals surface area contributed by atoms with Gasteiger partial charge in [0.2, 0.25) is 0 Å². The lowest BCUT2D eigenvalue weighted by atomic mass is 9.95. The van der Waals surface area contributed by atoms with Gasteiger partial charge in [0.05, 0.1) is 23.0 Å². The number of nitrogens with one attached hydrogen (secondary N) is 1. The summed E-state index contributed by atoms with van der Waals surface area (Å²) in [6, 6.07) is 7.22. The molecule has 1 aliphatic rings. The SMILES string of the molecule is CS(=O)(=O)c1ccc(-c2cncc(NC3CCCCC3)n2)cc1.[HH]. The second-order valence-electron chi connectivity index (χ2n) is 6.07. The highest BCUT2D eigenvalue weighted by atomic mass is 32.2. The molecule has 1 N–H and O–H groups in total. The van der Waals surface area contributed by atoms with Crippen LogP contribution >= 0.6 is 0 Å². The summed E-state index contributed by atoms with van der Waals surface area (Å²) in [6.07, 6.45) is 10.8. The molecule has 0 saturated heterocycles. The zero-order valence-electron chi connectivity index (χ0n) is 13.2. The minimum atomic E-state index is -3.18. The van der Waals surface area contributed by atoms with Crippen LogP contribution in [-0.2, 0) is 9.84 Å². The lowest BCUT2D eigenvalue weighted by Crippen LogP contribution is -2.22. The molecule has 0 atom stereocenters. The maximum absolute atomic E-state index is 11.5. The van der Waals surface area contributed by atoms with E-state index in [2.05, 4.69) is 15.3 Å². The summed E-state index contributed by atoms with van der Waals surface area (Å²) in [5.41, 5.74) is 1.60. The molecule has 3 rings (SSSR count). The normalized spacial score (nSPS) is 16.2. The fourth-order valence-corrected chi connectivity index (χ4v) is 3.53. The van der Waals surface area contributed by atoms with Crippen molar-refractivity contribution >= 4 is 15.7 Å². The van der Waals surface area contributed by atoms with Crippen molar-refractivity contribution < 1.29 is 9.84 Å². The first kappa shape index (κ1) is 15.9. The Labute approximate surface area is 138 Å². The van der Waals surface area contributed by atoms with E-state index in [0.717, 1.165) is 17.1 Å². The van der Waals surface area contributed by atoms with Gasteiger partial charge >= 0.3 is 0 Å². The van der Waals surface area contributed by atoms with Gasteiger partial charge < -0.3 is 5.32 Å². The first-order valence-electron chi connectivity index (χ1n) is 7.91. The number of nitrogens with zero attached hydrogens (tertiary/aromatic N) is 2. The molecule has 124 valence electrons. The predicted octanol–water partition coefficient (Wildman–Crippen LogP) is 3.54. The molecule has 2 aromatic rings. The summed E-state index contributed by atoms with van der Waals surface area (Å²) < 4.78 is 23.0. The standard InChI is InChI=1S/C17H21N3O2S.H2/c1-23(21,22)15-9-7-13(8-10-15)16-11-18-12-17(20-16)19-14-5-3-2-4-6-14;/h7-12,14H,2-6H2,1H3,(H,19,20);1H. The Balaban J connectivity index is 0.00000208. The number of rotatable bonds is 4. The first-order chi connectivity index (χ1) is 11.0. The van der Waals surface area contributed by atoms with Crippen molar-refractivity contribution in [3.05, 3.63) is 36.7 Å². The Hall–Kier alpha value is -1.95. The molecule has 5 nitrogen and oxygen atoms in total. The summed E-state index contributed by atoms with van der Waals surface area (Å²) in [5.74, 6) is 0.779. The van der Waals surface area contributed by atoms with Gasteiger partial charge in [-0.15, -0.1) is 0 Å². The molecule has 1 fully saturated rings. The van der Waals surface area contributed by atoms with Gasteiger partial charge in [0.15, 0.2) is 9.84 Å². The van der Waals surface area contributed by atoms with Crippen molar-refractivity contribution in [2.24, 2.45) is 0 Å². The third kappa shape index (κ3) is 4.07. The molecule has 0 bridgehead atoms. The van der Waals surface area contributed by atoms with Gasteiger partial charge in [-0.05, 0) is 25.0 Å². The van der Waals surface area contributed by atoms with Gasteiger partial charge in [0, 0.05) is 19.3 Å². The highest BCUT2D eigenvalue weighted by molar-refractivity contribution is 7.90. The van der Waals surface area contributed by atoms with E-state index in [1.807, 2.05) is 0 Å². The molecule has 23 heavy (non-hydrogen) atoms. The number of anilines is 1. The van der Waals surface area contributed by atoms with Crippen LogP contribution in [0, 0.1) is 0 Å². The van der Waals surface area contributed by atoms with E-state index < -0.39 is 9.84 Å². The maximum atomic E-state index is 11.5. The Bertz CT molecular complexity index is 773. The fraction of sp³-hybridized carbons (Fsp3) is 0.412. The highest BCUT2D eigenvalue weighted by Gasteiger charge is 2.14. The zero-order valence-corrected chi connectivity index (χ0v) is 14.0. The molecule has 1 aromatic carbocycles. The van der Waals surface area contributed by atoms with E-state index in [0.29, 0.717) is 10.9 Å². The van der Waals surface area contributed by atoms with Gasteiger partial charge in [0.25, 0.3) is 0 Å². The van der Waals surface area contributed by atoms with E-state index in [1.165, 1.54) is 38.4 Å². The average molecular weight is 333 g/mol. The number of sulfone groups is 1.